The van der Waals surface area contributed by atoms with E-state index in [-0.39, 0.29) is 47.3 Å². The molecule has 2 unspecified atom stereocenters. The van der Waals surface area contributed by atoms with Crippen molar-refractivity contribution in [3.63, 3.8) is 0 Å². The van der Waals surface area contributed by atoms with Crippen molar-refractivity contribution in [2.75, 3.05) is 13.2 Å². The molecule has 2 atom stereocenters. The van der Waals surface area contributed by atoms with Crippen LogP contribution in [0.4, 0.5) is 17.6 Å². The smallest absolute Gasteiger partial charge is 0.417 e. The first-order valence-electron chi connectivity index (χ1n) is 11.2. The summed E-state index contributed by atoms with van der Waals surface area (Å²) in [5.41, 5.74) is -0.321. The Morgan fingerprint density at radius 1 is 1.14 bits per heavy atom. The van der Waals surface area contributed by atoms with E-state index in [0.29, 0.717) is 18.3 Å². The van der Waals surface area contributed by atoms with E-state index in [0.717, 1.165) is 25.0 Å². The fraction of sp³-hybridized carbons (Fsp3) is 0.360. The normalized spacial score (nSPS) is 18.4. The average Bonchev–Trinajstić information content (AvgIpc) is 2.84. The number of hydrogen-bond acceptors (Lipinski definition) is 5. The molecular formula is C25H24F4N4O2. The number of ether oxygens (including phenoxy) is 1. The van der Waals surface area contributed by atoms with E-state index >= 15 is 4.39 Å². The quantitative estimate of drug-likeness (QED) is 0.455. The minimum atomic E-state index is -4.49. The maximum absolute atomic E-state index is 15.2. The van der Waals surface area contributed by atoms with Crippen molar-refractivity contribution >= 4 is 5.91 Å². The van der Waals surface area contributed by atoms with Crippen molar-refractivity contribution in [1.82, 2.24) is 19.9 Å². The number of carbonyl (C=O) groups is 1. The van der Waals surface area contributed by atoms with Crippen LogP contribution in [-0.4, -0.2) is 45.0 Å². The van der Waals surface area contributed by atoms with Crippen LogP contribution in [0.1, 0.15) is 41.3 Å². The first-order chi connectivity index (χ1) is 16.7. The van der Waals surface area contributed by atoms with Gasteiger partial charge in [0.2, 0.25) is 5.88 Å². The summed E-state index contributed by atoms with van der Waals surface area (Å²) in [6.07, 6.45) is 0.784. The molecule has 4 rings (SSSR count). The summed E-state index contributed by atoms with van der Waals surface area (Å²) >= 11 is 0. The highest BCUT2D eigenvalue weighted by Gasteiger charge is 2.35. The van der Waals surface area contributed by atoms with Crippen molar-refractivity contribution in [2.45, 2.75) is 38.9 Å². The number of aromatic nitrogens is 3. The summed E-state index contributed by atoms with van der Waals surface area (Å²) in [6, 6.07) is 6.39. The highest BCUT2D eigenvalue weighted by molar-refractivity contribution is 6.00. The van der Waals surface area contributed by atoms with Gasteiger partial charge in [-0.15, -0.1) is 0 Å². The van der Waals surface area contributed by atoms with Gasteiger partial charge in [-0.3, -0.25) is 4.79 Å². The molecular weight excluding hydrogens is 464 g/mol. The number of likely N-dealkylation sites (tertiary alicyclic amines) is 1. The molecule has 2 aromatic heterocycles. The number of amides is 1. The highest BCUT2D eigenvalue weighted by atomic mass is 19.4. The van der Waals surface area contributed by atoms with Crippen LogP contribution in [0.5, 0.6) is 5.88 Å². The SMILES string of the molecule is Cc1ccc(C(=O)N2CCCC(C)C2COc2ccc(C(F)(F)F)cn2)c(-c2ncccn2)c1F. The van der Waals surface area contributed by atoms with Crippen molar-refractivity contribution in [1.29, 1.82) is 0 Å². The van der Waals surface area contributed by atoms with Crippen LogP contribution in [-0.2, 0) is 6.18 Å². The van der Waals surface area contributed by atoms with Crippen LogP contribution in [0.25, 0.3) is 11.4 Å². The van der Waals surface area contributed by atoms with E-state index in [1.54, 1.807) is 30.0 Å². The predicted octanol–water partition coefficient (Wildman–Crippen LogP) is 5.32. The average molecular weight is 488 g/mol. The predicted molar refractivity (Wildman–Crippen MR) is 120 cm³/mol. The number of nitrogens with zero attached hydrogens (tertiary/aromatic N) is 4. The van der Waals surface area contributed by atoms with Crippen LogP contribution in [0.3, 0.4) is 0 Å². The van der Waals surface area contributed by atoms with Gasteiger partial charge in [0, 0.05) is 31.2 Å². The third-order valence-corrected chi connectivity index (χ3v) is 6.20. The maximum Gasteiger partial charge on any atom is 0.417 e. The Hall–Kier alpha value is -3.56. The zero-order valence-corrected chi connectivity index (χ0v) is 19.2. The first-order valence-corrected chi connectivity index (χ1v) is 11.2. The Kier molecular flexibility index (Phi) is 7.00. The third kappa shape index (κ3) is 5.26. The lowest BCUT2D eigenvalue weighted by Crippen LogP contribution is -2.50. The lowest BCUT2D eigenvalue weighted by atomic mass is 9.90. The zero-order chi connectivity index (χ0) is 25.2. The second kappa shape index (κ2) is 9.97. The van der Waals surface area contributed by atoms with Gasteiger partial charge in [0.05, 0.1) is 22.7 Å². The lowest BCUT2D eigenvalue weighted by Gasteiger charge is -2.40. The molecule has 0 saturated carbocycles. The topological polar surface area (TPSA) is 68.2 Å². The van der Waals surface area contributed by atoms with Crippen molar-refractivity contribution in [3.05, 3.63) is 71.4 Å². The van der Waals surface area contributed by atoms with E-state index in [1.165, 1.54) is 12.4 Å². The minimum Gasteiger partial charge on any atom is -0.475 e. The Bertz CT molecular complexity index is 1190. The molecule has 1 saturated heterocycles. The summed E-state index contributed by atoms with van der Waals surface area (Å²) in [5.74, 6) is -0.749. The minimum absolute atomic E-state index is 0.0305. The molecule has 0 radical (unpaired) electrons. The van der Waals surface area contributed by atoms with Gasteiger partial charge in [-0.05, 0) is 49.4 Å². The van der Waals surface area contributed by atoms with Crippen molar-refractivity contribution < 1.29 is 27.1 Å². The zero-order valence-electron chi connectivity index (χ0n) is 19.2. The number of pyridine rings is 1. The highest BCUT2D eigenvalue weighted by Crippen LogP contribution is 2.32. The molecule has 0 spiro atoms. The van der Waals surface area contributed by atoms with E-state index in [9.17, 15) is 18.0 Å². The monoisotopic (exact) mass is 488 g/mol. The number of aryl methyl sites for hydroxylation is 1. The van der Waals surface area contributed by atoms with Gasteiger partial charge in [0.25, 0.3) is 5.91 Å². The van der Waals surface area contributed by atoms with Crippen LogP contribution in [0, 0.1) is 18.7 Å². The molecule has 184 valence electrons. The molecule has 1 fully saturated rings. The fourth-order valence-corrected chi connectivity index (χ4v) is 4.22. The molecule has 1 aromatic carbocycles. The Morgan fingerprint density at radius 2 is 1.89 bits per heavy atom. The second-order valence-corrected chi connectivity index (χ2v) is 8.57. The van der Waals surface area contributed by atoms with Crippen LogP contribution in [0.2, 0.25) is 0 Å². The van der Waals surface area contributed by atoms with Gasteiger partial charge in [0.15, 0.2) is 5.82 Å². The maximum atomic E-state index is 15.2. The van der Waals surface area contributed by atoms with Crippen LogP contribution >= 0.6 is 0 Å². The van der Waals surface area contributed by atoms with Crippen LogP contribution in [0.15, 0.2) is 48.9 Å². The number of benzene rings is 1. The molecule has 1 aliphatic rings. The summed E-state index contributed by atoms with van der Waals surface area (Å²) in [5, 5.41) is 0. The standard InChI is InChI=1S/C25H24F4N4O2/c1-15-5-3-12-33(19(15)14-35-20-9-7-17(13-32-20)25(27,28)29)24(34)18-8-6-16(2)22(26)21(18)23-30-10-4-11-31-23/h4,6-11,13,15,19H,3,5,12,14H2,1-2H3. The van der Waals surface area contributed by atoms with Gasteiger partial charge in [-0.25, -0.2) is 19.3 Å². The summed E-state index contributed by atoms with van der Waals surface area (Å²) < 4.78 is 59.2. The molecule has 10 heteroatoms. The largest absolute Gasteiger partial charge is 0.475 e. The van der Waals surface area contributed by atoms with Gasteiger partial charge in [-0.2, -0.15) is 13.2 Å². The molecule has 1 aliphatic heterocycles. The third-order valence-electron chi connectivity index (χ3n) is 6.20. The Balaban J connectivity index is 1.60. The second-order valence-electron chi connectivity index (χ2n) is 8.57. The number of rotatable bonds is 5. The summed E-state index contributed by atoms with van der Waals surface area (Å²) in [7, 11) is 0. The van der Waals surface area contributed by atoms with Gasteiger partial charge in [0.1, 0.15) is 12.4 Å². The number of piperidine rings is 1. The molecule has 3 aromatic rings. The Labute approximate surface area is 200 Å². The summed E-state index contributed by atoms with van der Waals surface area (Å²) in [4.78, 5) is 27.3. The molecule has 1 amide bonds. The molecule has 35 heavy (non-hydrogen) atoms. The molecule has 3 heterocycles. The molecule has 0 N–H and O–H groups in total. The van der Waals surface area contributed by atoms with Crippen molar-refractivity contribution in [3.8, 4) is 17.3 Å². The van der Waals surface area contributed by atoms with Gasteiger partial charge >= 0.3 is 6.18 Å². The first kappa shape index (κ1) is 24.6. The molecule has 0 bridgehead atoms. The number of halogens is 4. The van der Waals surface area contributed by atoms with E-state index in [1.807, 2.05) is 6.92 Å². The molecule has 0 aliphatic carbocycles. The number of alkyl halides is 3. The van der Waals surface area contributed by atoms with E-state index in [4.69, 9.17) is 4.74 Å². The van der Waals surface area contributed by atoms with E-state index in [2.05, 4.69) is 15.0 Å². The number of carbonyl (C=O) groups excluding carboxylic acids is 1. The molecule has 6 nitrogen and oxygen atoms in total. The van der Waals surface area contributed by atoms with Gasteiger partial charge < -0.3 is 9.64 Å². The fourth-order valence-electron chi connectivity index (χ4n) is 4.22. The lowest BCUT2D eigenvalue weighted by molar-refractivity contribution is -0.137. The van der Waals surface area contributed by atoms with Crippen LogP contribution < -0.4 is 4.74 Å². The summed E-state index contributed by atoms with van der Waals surface area (Å²) in [6.45, 7) is 4.05. The van der Waals surface area contributed by atoms with Crippen molar-refractivity contribution in [2.24, 2.45) is 5.92 Å². The Morgan fingerprint density at radius 3 is 2.54 bits per heavy atom. The number of hydrogen-bond donors (Lipinski definition) is 0. The van der Waals surface area contributed by atoms with Gasteiger partial charge in [-0.1, -0.05) is 13.0 Å². The van der Waals surface area contributed by atoms with E-state index < -0.39 is 17.6 Å².